The minimum Gasteiger partial charge on any atom is -0.505 e. The third-order valence-corrected chi connectivity index (χ3v) is 2.75. The van der Waals surface area contributed by atoms with E-state index >= 15 is 0 Å². The quantitative estimate of drug-likeness (QED) is 0.752. The molecule has 3 nitrogen and oxygen atoms in total. The molecule has 1 aliphatic carbocycles. The number of aromatic hydroxyl groups is 1. The van der Waals surface area contributed by atoms with Crippen LogP contribution in [-0.2, 0) is 4.74 Å². The number of anilines is 1. The third-order valence-electron chi connectivity index (χ3n) is 2.75. The average molecular weight is 211 g/mol. The Balaban J connectivity index is 1.92. The molecule has 0 spiro atoms. The largest absolute Gasteiger partial charge is 0.505 e. The zero-order chi connectivity index (χ0) is 10.8. The van der Waals surface area contributed by atoms with Gasteiger partial charge in [-0.15, -0.1) is 0 Å². The van der Waals surface area contributed by atoms with Gasteiger partial charge in [-0.3, -0.25) is 0 Å². The van der Waals surface area contributed by atoms with Crippen LogP contribution in [0, 0.1) is 5.82 Å². The minimum absolute atomic E-state index is 0.316. The van der Waals surface area contributed by atoms with E-state index in [4.69, 9.17) is 9.84 Å². The van der Waals surface area contributed by atoms with Crippen molar-refractivity contribution in [2.24, 2.45) is 0 Å². The van der Waals surface area contributed by atoms with Gasteiger partial charge in [0, 0.05) is 24.9 Å². The second-order valence-corrected chi connectivity index (χ2v) is 3.84. The highest BCUT2D eigenvalue weighted by atomic mass is 19.1. The number of benzene rings is 1. The maximum Gasteiger partial charge on any atom is 0.166 e. The monoisotopic (exact) mass is 211 g/mol. The summed E-state index contributed by atoms with van der Waals surface area (Å²) in [6, 6.07) is 4.66. The number of rotatable bonds is 3. The van der Waals surface area contributed by atoms with Crippen molar-refractivity contribution in [2.45, 2.75) is 25.0 Å². The maximum atomic E-state index is 13.0. The minimum atomic E-state index is -0.595. The topological polar surface area (TPSA) is 41.5 Å². The summed E-state index contributed by atoms with van der Waals surface area (Å²) in [6.07, 6.45) is 2.21. The molecule has 0 atom stereocenters. The molecule has 0 aromatic heterocycles. The highest BCUT2D eigenvalue weighted by molar-refractivity contribution is 5.48. The van der Waals surface area contributed by atoms with Crippen molar-refractivity contribution >= 4 is 5.69 Å². The molecule has 0 aliphatic heterocycles. The summed E-state index contributed by atoms with van der Waals surface area (Å²) >= 11 is 0. The molecule has 1 aromatic rings. The van der Waals surface area contributed by atoms with Crippen LogP contribution in [0.3, 0.4) is 0 Å². The molecule has 1 aliphatic rings. The third kappa shape index (κ3) is 2.21. The van der Waals surface area contributed by atoms with E-state index in [1.807, 2.05) is 0 Å². The predicted molar refractivity (Wildman–Crippen MR) is 55.5 cm³/mol. The first kappa shape index (κ1) is 10.2. The van der Waals surface area contributed by atoms with Crippen molar-refractivity contribution in [3.05, 3.63) is 24.0 Å². The molecule has 82 valence electrons. The Morgan fingerprint density at radius 2 is 2.20 bits per heavy atom. The summed E-state index contributed by atoms with van der Waals surface area (Å²) in [5.74, 6) is -0.911. The summed E-state index contributed by atoms with van der Waals surface area (Å²) in [7, 11) is 1.70. The summed E-state index contributed by atoms with van der Waals surface area (Å²) in [4.78, 5) is 0. The number of halogens is 1. The van der Waals surface area contributed by atoms with E-state index in [0.29, 0.717) is 17.8 Å². The van der Waals surface area contributed by atoms with Crippen LogP contribution >= 0.6 is 0 Å². The van der Waals surface area contributed by atoms with E-state index in [2.05, 4.69) is 5.32 Å². The van der Waals surface area contributed by atoms with Crippen molar-refractivity contribution in [1.82, 2.24) is 0 Å². The lowest BCUT2D eigenvalue weighted by Gasteiger charge is -2.35. The number of hydrogen-bond donors (Lipinski definition) is 2. The number of phenolic OH excluding ortho intramolecular Hbond substituents is 1. The van der Waals surface area contributed by atoms with Crippen molar-refractivity contribution in [1.29, 1.82) is 0 Å². The van der Waals surface area contributed by atoms with E-state index in [1.54, 1.807) is 13.2 Å². The molecule has 15 heavy (non-hydrogen) atoms. The van der Waals surface area contributed by atoms with Gasteiger partial charge < -0.3 is 15.2 Å². The van der Waals surface area contributed by atoms with E-state index in [9.17, 15) is 4.39 Å². The zero-order valence-electron chi connectivity index (χ0n) is 8.53. The van der Waals surface area contributed by atoms with Crippen molar-refractivity contribution < 1.29 is 14.2 Å². The van der Waals surface area contributed by atoms with Crippen LogP contribution in [0.4, 0.5) is 10.1 Å². The Labute approximate surface area is 87.9 Å². The molecule has 1 aromatic carbocycles. The lowest BCUT2D eigenvalue weighted by molar-refractivity contribution is 0.0328. The zero-order valence-corrected chi connectivity index (χ0v) is 8.53. The maximum absolute atomic E-state index is 13.0. The highest BCUT2D eigenvalue weighted by Gasteiger charge is 2.28. The van der Waals surface area contributed by atoms with Crippen LogP contribution in [-0.4, -0.2) is 24.4 Å². The van der Waals surface area contributed by atoms with Crippen LogP contribution in [0.1, 0.15) is 12.8 Å². The van der Waals surface area contributed by atoms with Crippen LogP contribution < -0.4 is 5.32 Å². The second kappa shape index (κ2) is 4.06. The lowest BCUT2D eigenvalue weighted by Crippen LogP contribution is -2.40. The first-order chi connectivity index (χ1) is 7.19. The fourth-order valence-electron chi connectivity index (χ4n) is 1.71. The summed E-state index contributed by atoms with van der Waals surface area (Å²) < 4.78 is 18.1. The highest BCUT2D eigenvalue weighted by Crippen LogP contribution is 2.27. The molecule has 0 unspecified atom stereocenters. The smallest absolute Gasteiger partial charge is 0.166 e. The molecule has 0 radical (unpaired) electrons. The Bertz CT molecular complexity index is 350. The van der Waals surface area contributed by atoms with Gasteiger partial charge in [-0.25, -0.2) is 4.39 Å². The average Bonchev–Trinajstić information content (AvgIpc) is 2.16. The fraction of sp³-hybridized carbons (Fsp3) is 0.455. The van der Waals surface area contributed by atoms with Crippen LogP contribution in [0.5, 0.6) is 5.75 Å². The number of nitrogens with one attached hydrogen (secondary N) is 1. The summed E-state index contributed by atoms with van der Waals surface area (Å²) in [5, 5.41) is 12.2. The van der Waals surface area contributed by atoms with E-state index in [-0.39, 0.29) is 5.75 Å². The standard InChI is InChI=1S/C11H14FNO2/c1-15-9-4-8(5-9)13-7-2-3-11(14)10(12)6-7/h2-3,6,8-9,13-14H,4-5H2,1H3. The van der Waals surface area contributed by atoms with Gasteiger partial charge in [0.1, 0.15) is 0 Å². The van der Waals surface area contributed by atoms with Crippen molar-refractivity contribution in [3.8, 4) is 5.75 Å². The molecule has 2 N–H and O–H groups in total. The van der Waals surface area contributed by atoms with Gasteiger partial charge in [-0.05, 0) is 25.0 Å². The summed E-state index contributed by atoms with van der Waals surface area (Å²) in [5.41, 5.74) is 0.699. The number of phenols is 1. The first-order valence-electron chi connectivity index (χ1n) is 4.97. The molecule has 0 bridgehead atoms. The van der Waals surface area contributed by atoms with Crippen LogP contribution in [0.15, 0.2) is 18.2 Å². The molecule has 0 amide bonds. The van der Waals surface area contributed by atoms with Crippen LogP contribution in [0.2, 0.25) is 0 Å². The summed E-state index contributed by atoms with van der Waals surface area (Å²) in [6.45, 7) is 0. The molecule has 0 saturated heterocycles. The SMILES string of the molecule is COC1CC(Nc2ccc(O)c(F)c2)C1. The molecule has 0 heterocycles. The number of ether oxygens (including phenoxy) is 1. The molecule has 1 fully saturated rings. The van der Waals surface area contributed by atoms with Crippen molar-refractivity contribution in [3.63, 3.8) is 0 Å². The van der Waals surface area contributed by atoms with Gasteiger partial charge in [-0.1, -0.05) is 0 Å². The van der Waals surface area contributed by atoms with E-state index in [0.717, 1.165) is 12.8 Å². The second-order valence-electron chi connectivity index (χ2n) is 3.84. The molecule has 1 saturated carbocycles. The normalized spacial score (nSPS) is 24.7. The Morgan fingerprint density at radius 1 is 1.47 bits per heavy atom. The fourth-order valence-corrected chi connectivity index (χ4v) is 1.71. The van der Waals surface area contributed by atoms with Crippen LogP contribution in [0.25, 0.3) is 0 Å². The van der Waals surface area contributed by atoms with Gasteiger partial charge in [0.05, 0.1) is 6.10 Å². The van der Waals surface area contributed by atoms with Gasteiger partial charge in [0.15, 0.2) is 11.6 Å². The Hall–Kier alpha value is -1.29. The first-order valence-corrected chi connectivity index (χ1v) is 4.97. The Morgan fingerprint density at radius 3 is 2.80 bits per heavy atom. The molecule has 4 heteroatoms. The Kier molecular flexibility index (Phi) is 2.77. The van der Waals surface area contributed by atoms with E-state index in [1.165, 1.54) is 12.1 Å². The van der Waals surface area contributed by atoms with E-state index < -0.39 is 5.82 Å². The van der Waals surface area contributed by atoms with Crippen molar-refractivity contribution in [2.75, 3.05) is 12.4 Å². The van der Waals surface area contributed by atoms with Gasteiger partial charge in [0.25, 0.3) is 0 Å². The lowest BCUT2D eigenvalue weighted by atomic mass is 9.89. The predicted octanol–water partition coefficient (Wildman–Crippen LogP) is 2.12. The molecular weight excluding hydrogens is 197 g/mol. The molecule has 2 rings (SSSR count). The van der Waals surface area contributed by atoms with Gasteiger partial charge >= 0.3 is 0 Å². The van der Waals surface area contributed by atoms with Gasteiger partial charge in [0.2, 0.25) is 0 Å². The molecular formula is C11H14FNO2. The number of methoxy groups -OCH3 is 1. The number of hydrogen-bond acceptors (Lipinski definition) is 3. The van der Waals surface area contributed by atoms with Gasteiger partial charge in [-0.2, -0.15) is 0 Å².